The van der Waals surface area contributed by atoms with Crippen molar-refractivity contribution in [3.8, 4) is 0 Å². The van der Waals surface area contributed by atoms with Gasteiger partial charge in [0.1, 0.15) is 11.9 Å². The van der Waals surface area contributed by atoms with E-state index in [1.54, 1.807) is 12.1 Å². The summed E-state index contributed by atoms with van der Waals surface area (Å²) in [6.07, 6.45) is 0.919. The standard InChI is InChI=1S/C16H14BrFN2O/c17-13-9-11(5-6-14(13)18)20-16(21)15-12-4-2-1-3-10(12)7-8-19-15/h1-6,9,15,19H,7-8H2,(H,20,21). The zero-order chi connectivity index (χ0) is 14.8. The normalized spacial score (nSPS) is 17.1. The molecule has 0 spiro atoms. The van der Waals surface area contributed by atoms with E-state index in [2.05, 4.69) is 26.6 Å². The van der Waals surface area contributed by atoms with Gasteiger partial charge in [-0.15, -0.1) is 0 Å². The predicted molar refractivity (Wildman–Crippen MR) is 83.6 cm³/mol. The van der Waals surface area contributed by atoms with Gasteiger partial charge in [0, 0.05) is 12.2 Å². The Morgan fingerprint density at radius 1 is 1.29 bits per heavy atom. The maximum absolute atomic E-state index is 13.2. The molecule has 0 fully saturated rings. The van der Waals surface area contributed by atoms with E-state index in [0.29, 0.717) is 10.2 Å². The van der Waals surface area contributed by atoms with Crippen LogP contribution in [0, 0.1) is 5.82 Å². The molecule has 5 heteroatoms. The molecule has 1 unspecified atom stereocenters. The number of hydrogen-bond donors (Lipinski definition) is 2. The van der Waals surface area contributed by atoms with E-state index in [4.69, 9.17) is 0 Å². The van der Waals surface area contributed by atoms with E-state index in [9.17, 15) is 9.18 Å². The lowest BCUT2D eigenvalue weighted by Crippen LogP contribution is -2.38. The number of carbonyl (C=O) groups excluding carboxylic acids is 1. The molecule has 1 heterocycles. The van der Waals surface area contributed by atoms with Crippen LogP contribution in [-0.4, -0.2) is 12.5 Å². The van der Waals surface area contributed by atoms with Gasteiger partial charge >= 0.3 is 0 Å². The first-order chi connectivity index (χ1) is 10.1. The number of rotatable bonds is 2. The molecule has 0 radical (unpaired) electrons. The molecular weight excluding hydrogens is 335 g/mol. The second kappa shape index (κ2) is 5.95. The largest absolute Gasteiger partial charge is 0.324 e. The second-order valence-electron chi connectivity index (χ2n) is 4.95. The Hall–Kier alpha value is -1.72. The molecule has 1 atom stereocenters. The van der Waals surface area contributed by atoms with E-state index in [0.717, 1.165) is 18.5 Å². The molecule has 0 saturated heterocycles. The van der Waals surface area contributed by atoms with Gasteiger partial charge in [-0.3, -0.25) is 4.79 Å². The van der Waals surface area contributed by atoms with E-state index in [-0.39, 0.29) is 17.8 Å². The summed E-state index contributed by atoms with van der Waals surface area (Å²) in [6, 6.07) is 12.0. The van der Waals surface area contributed by atoms with Crippen LogP contribution in [0.2, 0.25) is 0 Å². The fourth-order valence-corrected chi connectivity index (χ4v) is 2.91. The van der Waals surface area contributed by atoms with E-state index in [1.807, 2.05) is 24.3 Å². The number of benzene rings is 2. The summed E-state index contributed by atoms with van der Waals surface area (Å²) < 4.78 is 13.5. The van der Waals surface area contributed by atoms with Crippen LogP contribution in [0.5, 0.6) is 0 Å². The number of halogens is 2. The van der Waals surface area contributed by atoms with E-state index < -0.39 is 0 Å². The molecule has 21 heavy (non-hydrogen) atoms. The molecule has 1 amide bonds. The summed E-state index contributed by atoms with van der Waals surface area (Å²) in [5, 5.41) is 6.05. The van der Waals surface area contributed by atoms with Gasteiger partial charge in [0.2, 0.25) is 5.91 Å². The Labute approximate surface area is 130 Å². The minimum Gasteiger partial charge on any atom is -0.324 e. The molecule has 0 aliphatic carbocycles. The molecule has 3 nitrogen and oxygen atoms in total. The highest BCUT2D eigenvalue weighted by Gasteiger charge is 2.25. The highest BCUT2D eigenvalue weighted by atomic mass is 79.9. The van der Waals surface area contributed by atoms with Gasteiger partial charge in [-0.05, 0) is 51.7 Å². The smallest absolute Gasteiger partial charge is 0.246 e. The maximum atomic E-state index is 13.2. The van der Waals surface area contributed by atoms with Gasteiger partial charge in [-0.2, -0.15) is 0 Å². The van der Waals surface area contributed by atoms with Crippen molar-refractivity contribution in [2.24, 2.45) is 0 Å². The van der Waals surface area contributed by atoms with Gasteiger partial charge in [-0.1, -0.05) is 24.3 Å². The summed E-state index contributed by atoms with van der Waals surface area (Å²) in [5.41, 5.74) is 2.76. The topological polar surface area (TPSA) is 41.1 Å². The van der Waals surface area contributed by atoms with Crippen molar-refractivity contribution in [1.82, 2.24) is 5.32 Å². The molecule has 0 aromatic heterocycles. The number of nitrogens with one attached hydrogen (secondary N) is 2. The summed E-state index contributed by atoms with van der Waals surface area (Å²) in [7, 11) is 0. The molecular formula is C16H14BrFN2O. The number of fused-ring (bicyclic) bond motifs is 1. The van der Waals surface area contributed by atoms with Gasteiger partial charge < -0.3 is 10.6 Å². The minimum absolute atomic E-state index is 0.138. The Bertz CT molecular complexity index is 690. The molecule has 3 rings (SSSR count). The average molecular weight is 349 g/mol. The van der Waals surface area contributed by atoms with E-state index >= 15 is 0 Å². The minimum atomic E-state index is -0.376. The quantitative estimate of drug-likeness (QED) is 0.873. The van der Waals surface area contributed by atoms with Crippen LogP contribution >= 0.6 is 15.9 Å². The average Bonchev–Trinajstić information content (AvgIpc) is 2.50. The first-order valence-electron chi connectivity index (χ1n) is 6.72. The van der Waals surface area contributed by atoms with Crippen molar-refractivity contribution in [2.45, 2.75) is 12.5 Å². The van der Waals surface area contributed by atoms with Crippen molar-refractivity contribution in [1.29, 1.82) is 0 Å². The summed E-state index contributed by atoms with van der Waals surface area (Å²) >= 11 is 3.12. The lowest BCUT2D eigenvalue weighted by atomic mass is 9.94. The zero-order valence-electron chi connectivity index (χ0n) is 11.2. The van der Waals surface area contributed by atoms with Crippen molar-refractivity contribution in [3.63, 3.8) is 0 Å². The maximum Gasteiger partial charge on any atom is 0.246 e. The summed E-state index contributed by atoms with van der Waals surface area (Å²) in [5.74, 6) is -0.491. The van der Waals surface area contributed by atoms with Crippen molar-refractivity contribution in [2.75, 3.05) is 11.9 Å². The number of hydrogen-bond acceptors (Lipinski definition) is 2. The Kier molecular flexibility index (Phi) is 4.03. The third kappa shape index (κ3) is 2.99. The van der Waals surface area contributed by atoms with Crippen LogP contribution in [0.1, 0.15) is 17.2 Å². The lowest BCUT2D eigenvalue weighted by Gasteiger charge is -2.26. The van der Waals surface area contributed by atoms with E-state index in [1.165, 1.54) is 11.6 Å². The van der Waals surface area contributed by atoms with Crippen LogP contribution in [-0.2, 0) is 11.2 Å². The molecule has 2 aromatic carbocycles. The summed E-state index contributed by atoms with van der Waals surface area (Å²) in [6.45, 7) is 0.766. The molecule has 108 valence electrons. The fraction of sp³-hybridized carbons (Fsp3) is 0.188. The van der Waals surface area contributed by atoms with Crippen molar-refractivity contribution in [3.05, 3.63) is 63.9 Å². The van der Waals surface area contributed by atoms with Crippen molar-refractivity contribution < 1.29 is 9.18 Å². The van der Waals surface area contributed by atoms with Crippen LogP contribution in [0.4, 0.5) is 10.1 Å². The fourth-order valence-electron chi connectivity index (χ4n) is 2.53. The Balaban J connectivity index is 1.81. The highest BCUT2D eigenvalue weighted by Crippen LogP contribution is 2.25. The van der Waals surface area contributed by atoms with Gasteiger partial charge in [0.15, 0.2) is 0 Å². The van der Waals surface area contributed by atoms with Crippen molar-refractivity contribution >= 4 is 27.5 Å². The molecule has 1 aliphatic heterocycles. The third-order valence-electron chi connectivity index (χ3n) is 3.56. The van der Waals surface area contributed by atoms with Gasteiger partial charge in [0.05, 0.1) is 4.47 Å². The molecule has 1 aliphatic rings. The molecule has 0 saturated carbocycles. The first-order valence-corrected chi connectivity index (χ1v) is 7.51. The van der Waals surface area contributed by atoms with Crippen LogP contribution in [0.3, 0.4) is 0 Å². The predicted octanol–water partition coefficient (Wildman–Crippen LogP) is 3.41. The monoisotopic (exact) mass is 348 g/mol. The van der Waals surface area contributed by atoms with Crippen LogP contribution < -0.4 is 10.6 Å². The molecule has 2 aromatic rings. The Morgan fingerprint density at radius 2 is 2.10 bits per heavy atom. The van der Waals surface area contributed by atoms with Crippen LogP contribution in [0.15, 0.2) is 46.9 Å². The van der Waals surface area contributed by atoms with Gasteiger partial charge in [0.25, 0.3) is 0 Å². The number of carbonyl (C=O) groups is 1. The lowest BCUT2D eigenvalue weighted by molar-refractivity contribution is -0.118. The number of anilines is 1. The Morgan fingerprint density at radius 3 is 2.90 bits per heavy atom. The third-order valence-corrected chi connectivity index (χ3v) is 4.17. The summed E-state index contributed by atoms with van der Waals surface area (Å²) in [4.78, 5) is 12.4. The number of amides is 1. The highest BCUT2D eigenvalue weighted by molar-refractivity contribution is 9.10. The van der Waals surface area contributed by atoms with Gasteiger partial charge in [-0.25, -0.2) is 4.39 Å². The zero-order valence-corrected chi connectivity index (χ0v) is 12.8. The molecule has 0 bridgehead atoms. The van der Waals surface area contributed by atoms with Crippen LogP contribution in [0.25, 0.3) is 0 Å². The second-order valence-corrected chi connectivity index (χ2v) is 5.81. The first kappa shape index (κ1) is 14.2. The SMILES string of the molecule is O=C(Nc1ccc(F)c(Br)c1)C1NCCc2ccccc21. The molecule has 2 N–H and O–H groups in total.